The van der Waals surface area contributed by atoms with E-state index in [4.69, 9.17) is 0 Å². The maximum Gasteiger partial charge on any atom is 0.416 e. The molecule has 1 heterocycles. The van der Waals surface area contributed by atoms with Gasteiger partial charge in [0.1, 0.15) is 0 Å². The number of hydrogen-bond acceptors (Lipinski definition) is 4. The molecule has 0 aliphatic heterocycles. The van der Waals surface area contributed by atoms with E-state index in [9.17, 15) is 18.0 Å². The molecule has 1 aromatic carbocycles. The number of aryl methyl sites for hydroxylation is 1. The lowest BCUT2D eigenvalue weighted by atomic mass is 10.1. The van der Waals surface area contributed by atoms with Crippen molar-refractivity contribution < 1.29 is 18.0 Å². The summed E-state index contributed by atoms with van der Waals surface area (Å²) < 4.78 is 37.6. The van der Waals surface area contributed by atoms with Crippen LogP contribution in [0.2, 0.25) is 0 Å². The average Bonchev–Trinajstić information content (AvgIpc) is 2.68. The van der Waals surface area contributed by atoms with E-state index in [0.717, 1.165) is 25.0 Å². The maximum absolute atomic E-state index is 12.5. The summed E-state index contributed by atoms with van der Waals surface area (Å²) in [5.41, 5.74) is 0.978. The second-order valence-electron chi connectivity index (χ2n) is 5.38. The number of nitrogens with zero attached hydrogens (tertiary/aromatic N) is 2. The maximum atomic E-state index is 12.5. The van der Waals surface area contributed by atoms with Gasteiger partial charge in [0, 0.05) is 18.3 Å². The molecule has 1 aliphatic carbocycles. The molecule has 23 heavy (non-hydrogen) atoms. The molecule has 0 atom stereocenters. The number of carbonyl (C=O) groups excluding carboxylic acids is 1. The normalized spacial score (nSPS) is 15.0. The molecule has 7 heteroatoms. The van der Waals surface area contributed by atoms with Crippen LogP contribution in [0.4, 0.5) is 24.8 Å². The molecular formula is C16H14F3N3O. The van der Waals surface area contributed by atoms with E-state index in [1.807, 2.05) is 0 Å². The zero-order valence-corrected chi connectivity index (χ0v) is 12.2. The fourth-order valence-electron chi connectivity index (χ4n) is 2.49. The zero-order valence-electron chi connectivity index (χ0n) is 12.2. The molecule has 0 unspecified atom stereocenters. The van der Waals surface area contributed by atoms with Crippen LogP contribution in [0.15, 0.2) is 30.5 Å². The van der Waals surface area contributed by atoms with Crippen molar-refractivity contribution in [2.45, 2.75) is 31.9 Å². The van der Waals surface area contributed by atoms with E-state index < -0.39 is 11.7 Å². The zero-order chi connectivity index (χ0) is 16.4. The Morgan fingerprint density at radius 2 is 1.74 bits per heavy atom. The Morgan fingerprint density at radius 3 is 2.43 bits per heavy atom. The van der Waals surface area contributed by atoms with Gasteiger partial charge in [-0.3, -0.25) is 4.79 Å². The second-order valence-corrected chi connectivity index (χ2v) is 5.38. The van der Waals surface area contributed by atoms with Crippen LogP contribution in [0.1, 0.15) is 40.9 Å². The summed E-state index contributed by atoms with van der Waals surface area (Å²) in [7, 11) is 0. The van der Waals surface area contributed by atoms with Crippen LogP contribution in [0.5, 0.6) is 0 Å². The van der Waals surface area contributed by atoms with Gasteiger partial charge in [-0.05, 0) is 43.5 Å². The van der Waals surface area contributed by atoms with Crippen molar-refractivity contribution in [3.05, 3.63) is 47.3 Å². The van der Waals surface area contributed by atoms with Crippen LogP contribution in [-0.2, 0) is 12.6 Å². The minimum atomic E-state index is -4.36. The Morgan fingerprint density at radius 1 is 1.04 bits per heavy atom. The molecule has 0 bridgehead atoms. The molecule has 1 aliphatic rings. The van der Waals surface area contributed by atoms with Crippen LogP contribution in [0.3, 0.4) is 0 Å². The Kier molecular flexibility index (Phi) is 4.02. The van der Waals surface area contributed by atoms with E-state index in [1.54, 1.807) is 0 Å². The number of ketones is 1. The van der Waals surface area contributed by atoms with Crippen molar-refractivity contribution in [1.82, 2.24) is 9.97 Å². The minimum absolute atomic E-state index is 0.0404. The van der Waals surface area contributed by atoms with Crippen molar-refractivity contribution in [3.63, 3.8) is 0 Å². The van der Waals surface area contributed by atoms with Gasteiger partial charge in [0.25, 0.3) is 0 Å². The quantitative estimate of drug-likeness (QED) is 0.844. The van der Waals surface area contributed by atoms with Crippen molar-refractivity contribution in [3.8, 4) is 0 Å². The highest BCUT2D eigenvalue weighted by atomic mass is 19.4. The van der Waals surface area contributed by atoms with Crippen molar-refractivity contribution >= 4 is 17.4 Å². The lowest BCUT2D eigenvalue weighted by Gasteiger charge is -2.10. The number of hydrogen-bond donors (Lipinski definition) is 1. The van der Waals surface area contributed by atoms with Gasteiger partial charge in [-0.2, -0.15) is 13.2 Å². The third kappa shape index (κ3) is 3.49. The minimum Gasteiger partial charge on any atom is -0.324 e. The fraction of sp³-hybridized carbons (Fsp3) is 0.312. The molecule has 1 N–H and O–H groups in total. The lowest BCUT2D eigenvalue weighted by Crippen LogP contribution is -2.07. The Balaban J connectivity index is 1.81. The number of nitrogens with one attached hydrogen (secondary N) is 1. The molecule has 0 saturated heterocycles. The first kappa shape index (κ1) is 15.5. The van der Waals surface area contributed by atoms with Crippen molar-refractivity contribution in [1.29, 1.82) is 0 Å². The fourth-order valence-corrected chi connectivity index (χ4v) is 2.49. The highest BCUT2D eigenvalue weighted by Crippen LogP contribution is 2.30. The number of carbonyl (C=O) groups is 1. The van der Waals surface area contributed by atoms with Crippen LogP contribution >= 0.6 is 0 Å². The summed E-state index contributed by atoms with van der Waals surface area (Å²) in [6, 6.07) is 4.64. The molecule has 120 valence electrons. The number of fused-ring (bicyclic) bond motifs is 1. The van der Waals surface area contributed by atoms with Gasteiger partial charge in [-0.1, -0.05) is 0 Å². The summed E-state index contributed by atoms with van der Waals surface area (Å²) in [6.07, 6.45) is 0.0432. The number of anilines is 2. The summed E-state index contributed by atoms with van der Waals surface area (Å²) in [6.45, 7) is 0. The Bertz CT molecular complexity index is 726. The highest BCUT2D eigenvalue weighted by molar-refractivity contribution is 5.97. The number of rotatable bonds is 2. The molecule has 0 spiro atoms. The van der Waals surface area contributed by atoms with Crippen molar-refractivity contribution in [2.24, 2.45) is 0 Å². The topological polar surface area (TPSA) is 54.9 Å². The van der Waals surface area contributed by atoms with E-state index in [1.165, 1.54) is 18.3 Å². The van der Waals surface area contributed by atoms with Crippen LogP contribution in [0.25, 0.3) is 0 Å². The standard InChI is InChI=1S/C16H14F3N3O/c17-16(18,19)10-5-7-11(8-6-10)21-15-20-9-12-13(22-15)3-1-2-4-14(12)23/h5-9H,1-4H2,(H,20,21,22). The molecule has 0 fully saturated rings. The van der Waals surface area contributed by atoms with Gasteiger partial charge in [0.2, 0.25) is 5.95 Å². The number of halogens is 3. The SMILES string of the molecule is O=C1CCCCc2nc(Nc3ccc(C(F)(F)F)cc3)ncc21. The summed E-state index contributed by atoms with van der Waals surface area (Å²) in [4.78, 5) is 20.3. The molecule has 4 nitrogen and oxygen atoms in total. The molecule has 0 saturated carbocycles. The molecule has 1 aromatic heterocycles. The van der Waals surface area contributed by atoms with Gasteiger partial charge >= 0.3 is 6.18 Å². The third-order valence-electron chi connectivity index (χ3n) is 3.70. The number of alkyl halides is 3. The number of Topliss-reactive ketones (excluding diaryl/α,β-unsaturated/α-hetero) is 1. The van der Waals surface area contributed by atoms with E-state index in [-0.39, 0.29) is 11.7 Å². The van der Waals surface area contributed by atoms with E-state index in [0.29, 0.717) is 29.8 Å². The third-order valence-corrected chi connectivity index (χ3v) is 3.70. The van der Waals surface area contributed by atoms with Crippen LogP contribution in [-0.4, -0.2) is 15.8 Å². The average molecular weight is 321 g/mol. The Labute approximate surface area is 130 Å². The molecule has 2 aromatic rings. The number of aromatic nitrogens is 2. The molecular weight excluding hydrogens is 307 g/mol. The van der Waals surface area contributed by atoms with Gasteiger partial charge < -0.3 is 5.32 Å². The molecule has 0 radical (unpaired) electrons. The second kappa shape index (κ2) is 5.98. The van der Waals surface area contributed by atoms with Gasteiger partial charge in [-0.25, -0.2) is 9.97 Å². The predicted octanol–water partition coefficient (Wildman–Crippen LogP) is 4.15. The van der Waals surface area contributed by atoms with Crippen LogP contribution in [0, 0.1) is 0 Å². The van der Waals surface area contributed by atoms with Gasteiger partial charge in [0.05, 0.1) is 16.8 Å². The van der Waals surface area contributed by atoms with Crippen LogP contribution < -0.4 is 5.32 Å². The van der Waals surface area contributed by atoms with Gasteiger partial charge in [0.15, 0.2) is 5.78 Å². The smallest absolute Gasteiger partial charge is 0.324 e. The van der Waals surface area contributed by atoms with Gasteiger partial charge in [-0.15, -0.1) is 0 Å². The largest absolute Gasteiger partial charge is 0.416 e. The number of benzene rings is 1. The molecule has 0 amide bonds. The first-order chi connectivity index (χ1) is 10.9. The van der Waals surface area contributed by atoms with E-state index in [2.05, 4.69) is 15.3 Å². The summed E-state index contributed by atoms with van der Waals surface area (Å²) in [5.74, 6) is 0.316. The summed E-state index contributed by atoms with van der Waals surface area (Å²) >= 11 is 0. The molecule has 3 rings (SSSR count). The monoisotopic (exact) mass is 321 g/mol. The predicted molar refractivity (Wildman–Crippen MR) is 78.6 cm³/mol. The highest BCUT2D eigenvalue weighted by Gasteiger charge is 2.30. The summed E-state index contributed by atoms with van der Waals surface area (Å²) in [5, 5.41) is 2.87. The lowest BCUT2D eigenvalue weighted by molar-refractivity contribution is -0.137. The van der Waals surface area contributed by atoms with E-state index >= 15 is 0 Å². The van der Waals surface area contributed by atoms with Crippen molar-refractivity contribution in [2.75, 3.05) is 5.32 Å². The first-order valence-electron chi connectivity index (χ1n) is 7.27. The Hall–Kier alpha value is -2.44. The first-order valence-corrected chi connectivity index (χ1v) is 7.27.